The molecule has 0 saturated heterocycles. The van der Waals surface area contributed by atoms with Crippen LogP contribution in [0.1, 0.15) is 23.7 Å². The SMILES string of the molecule is CCc1cc(=O)n(CC(=O)Nc2ccc(C)cc2C)c(N)n1. The number of nitrogen functional groups attached to an aromatic ring is 1. The number of aryl methyl sites for hydroxylation is 3. The van der Waals surface area contributed by atoms with Gasteiger partial charge in [0.05, 0.1) is 0 Å². The van der Waals surface area contributed by atoms with Gasteiger partial charge >= 0.3 is 0 Å². The van der Waals surface area contributed by atoms with Crippen molar-refractivity contribution in [1.82, 2.24) is 9.55 Å². The predicted octanol–water partition coefficient (Wildman–Crippen LogP) is 1.64. The van der Waals surface area contributed by atoms with Gasteiger partial charge in [0.1, 0.15) is 6.54 Å². The van der Waals surface area contributed by atoms with Gasteiger partial charge in [-0.1, -0.05) is 24.6 Å². The lowest BCUT2D eigenvalue weighted by Gasteiger charge is -2.12. The Morgan fingerprint density at radius 3 is 2.64 bits per heavy atom. The van der Waals surface area contributed by atoms with E-state index in [1.54, 1.807) is 0 Å². The molecule has 1 heterocycles. The molecule has 22 heavy (non-hydrogen) atoms. The van der Waals surface area contributed by atoms with Crippen LogP contribution in [0.2, 0.25) is 0 Å². The van der Waals surface area contributed by atoms with Crippen molar-refractivity contribution in [2.24, 2.45) is 0 Å². The zero-order valence-corrected chi connectivity index (χ0v) is 13.0. The van der Waals surface area contributed by atoms with Crippen LogP contribution in [0.25, 0.3) is 0 Å². The van der Waals surface area contributed by atoms with Crippen LogP contribution in [0.5, 0.6) is 0 Å². The largest absolute Gasteiger partial charge is 0.369 e. The molecule has 0 spiro atoms. The van der Waals surface area contributed by atoms with Crippen LogP contribution in [0.4, 0.5) is 11.6 Å². The van der Waals surface area contributed by atoms with Crippen LogP contribution < -0.4 is 16.6 Å². The number of hydrogen-bond donors (Lipinski definition) is 2. The van der Waals surface area contributed by atoms with E-state index in [1.807, 2.05) is 39.0 Å². The lowest BCUT2D eigenvalue weighted by atomic mass is 10.1. The van der Waals surface area contributed by atoms with E-state index in [9.17, 15) is 9.59 Å². The number of carbonyl (C=O) groups is 1. The van der Waals surface area contributed by atoms with Gasteiger partial charge in [0.25, 0.3) is 5.56 Å². The standard InChI is InChI=1S/C16H20N4O2/c1-4-12-8-15(22)20(16(17)18-12)9-14(21)19-13-6-5-10(2)7-11(13)3/h5-8H,4,9H2,1-3H3,(H2,17,18)(H,19,21). The van der Waals surface area contributed by atoms with E-state index in [4.69, 9.17) is 5.73 Å². The Labute approximate surface area is 129 Å². The molecule has 0 bridgehead atoms. The molecule has 0 atom stereocenters. The molecule has 1 aromatic carbocycles. The molecule has 1 amide bonds. The minimum absolute atomic E-state index is 0.0557. The van der Waals surface area contributed by atoms with Crippen LogP contribution >= 0.6 is 0 Å². The first-order valence-electron chi connectivity index (χ1n) is 7.14. The summed E-state index contributed by atoms with van der Waals surface area (Å²) in [4.78, 5) is 28.2. The van der Waals surface area contributed by atoms with E-state index in [0.29, 0.717) is 12.1 Å². The third-order valence-electron chi connectivity index (χ3n) is 3.41. The summed E-state index contributed by atoms with van der Waals surface area (Å²) < 4.78 is 1.16. The van der Waals surface area contributed by atoms with Gasteiger partial charge in [-0.05, 0) is 31.9 Å². The zero-order valence-electron chi connectivity index (χ0n) is 13.0. The Balaban J connectivity index is 2.17. The summed E-state index contributed by atoms with van der Waals surface area (Å²) in [6.45, 7) is 5.63. The fraction of sp³-hybridized carbons (Fsp3) is 0.312. The molecule has 0 radical (unpaired) electrons. The maximum atomic E-state index is 12.1. The van der Waals surface area contributed by atoms with E-state index >= 15 is 0 Å². The zero-order chi connectivity index (χ0) is 16.3. The number of benzene rings is 1. The third kappa shape index (κ3) is 3.52. The van der Waals surface area contributed by atoms with Crippen LogP contribution in [0, 0.1) is 13.8 Å². The predicted molar refractivity (Wildman–Crippen MR) is 86.8 cm³/mol. The van der Waals surface area contributed by atoms with E-state index in [1.165, 1.54) is 6.07 Å². The highest BCUT2D eigenvalue weighted by Gasteiger charge is 2.11. The van der Waals surface area contributed by atoms with Gasteiger partial charge in [0.15, 0.2) is 0 Å². The summed E-state index contributed by atoms with van der Waals surface area (Å²) in [5, 5.41) is 2.79. The Morgan fingerprint density at radius 1 is 1.32 bits per heavy atom. The fourth-order valence-electron chi connectivity index (χ4n) is 2.20. The van der Waals surface area contributed by atoms with Gasteiger partial charge < -0.3 is 11.1 Å². The number of anilines is 2. The van der Waals surface area contributed by atoms with Crippen LogP contribution in [-0.4, -0.2) is 15.5 Å². The van der Waals surface area contributed by atoms with Crippen molar-refractivity contribution in [3.63, 3.8) is 0 Å². The normalized spacial score (nSPS) is 10.5. The number of aromatic nitrogens is 2. The van der Waals surface area contributed by atoms with Gasteiger partial charge in [-0.15, -0.1) is 0 Å². The second-order valence-corrected chi connectivity index (χ2v) is 5.25. The average molecular weight is 300 g/mol. The molecule has 0 aliphatic heterocycles. The van der Waals surface area contributed by atoms with Crippen molar-refractivity contribution in [3.8, 4) is 0 Å². The van der Waals surface area contributed by atoms with Crippen LogP contribution in [0.3, 0.4) is 0 Å². The first-order chi connectivity index (χ1) is 10.4. The number of rotatable bonds is 4. The first-order valence-corrected chi connectivity index (χ1v) is 7.14. The van der Waals surface area contributed by atoms with Crippen molar-refractivity contribution >= 4 is 17.5 Å². The van der Waals surface area contributed by atoms with Crippen molar-refractivity contribution in [2.45, 2.75) is 33.7 Å². The molecule has 116 valence electrons. The molecule has 6 nitrogen and oxygen atoms in total. The third-order valence-corrected chi connectivity index (χ3v) is 3.41. The molecule has 6 heteroatoms. The van der Waals surface area contributed by atoms with E-state index in [0.717, 1.165) is 21.4 Å². The summed E-state index contributed by atoms with van der Waals surface area (Å²) >= 11 is 0. The molecule has 0 unspecified atom stereocenters. The quantitative estimate of drug-likeness (QED) is 0.898. The Bertz CT molecular complexity index is 765. The van der Waals surface area contributed by atoms with Gasteiger partial charge in [0, 0.05) is 17.4 Å². The summed E-state index contributed by atoms with van der Waals surface area (Å²) in [7, 11) is 0. The lowest BCUT2D eigenvalue weighted by Crippen LogP contribution is -2.30. The Kier molecular flexibility index (Phi) is 4.60. The molecular weight excluding hydrogens is 280 g/mol. The number of carbonyl (C=O) groups excluding carboxylic acids is 1. The number of nitrogens with zero attached hydrogens (tertiary/aromatic N) is 2. The van der Waals surface area contributed by atoms with Crippen molar-refractivity contribution in [1.29, 1.82) is 0 Å². The smallest absolute Gasteiger partial charge is 0.255 e. The molecule has 2 rings (SSSR count). The highest BCUT2D eigenvalue weighted by molar-refractivity contribution is 5.91. The van der Waals surface area contributed by atoms with E-state index in [2.05, 4.69) is 10.3 Å². The lowest BCUT2D eigenvalue weighted by molar-refractivity contribution is -0.116. The molecule has 0 aliphatic carbocycles. The monoisotopic (exact) mass is 300 g/mol. The Morgan fingerprint density at radius 2 is 2.05 bits per heavy atom. The first kappa shape index (κ1) is 15.8. The minimum Gasteiger partial charge on any atom is -0.369 e. The molecule has 3 N–H and O–H groups in total. The molecule has 1 aromatic heterocycles. The topological polar surface area (TPSA) is 90.0 Å². The summed E-state index contributed by atoms with van der Waals surface area (Å²) in [6.07, 6.45) is 0.620. The molecule has 2 aromatic rings. The molecule has 0 aliphatic rings. The van der Waals surface area contributed by atoms with Crippen molar-refractivity contribution in [3.05, 3.63) is 51.4 Å². The number of hydrogen-bond acceptors (Lipinski definition) is 4. The van der Waals surface area contributed by atoms with Crippen molar-refractivity contribution in [2.75, 3.05) is 11.1 Å². The van der Waals surface area contributed by atoms with Gasteiger partial charge in [0.2, 0.25) is 11.9 Å². The highest BCUT2D eigenvalue weighted by Crippen LogP contribution is 2.16. The van der Waals surface area contributed by atoms with Gasteiger partial charge in [-0.3, -0.25) is 14.2 Å². The second-order valence-electron chi connectivity index (χ2n) is 5.25. The Hall–Kier alpha value is -2.63. The maximum absolute atomic E-state index is 12.1. The van der Waals surface area contributed by atoms with Crippen LogP contribution in [0.15, 0.2) is 29.1 Å². The van der Waals surface area contributed by atoms with E-state index in [-0.39, 0.29) is 24.0 Å². The van der Waals surface area contributed by atoms with Crippen molar-refractivity contribution < 1.29 is 4.79 Å². The van der Waals surface area contributed by atoms with Gasteiger partial charge in [-0.25, -0.2) is 4.98 Å². The minimum atomic E-state index is -0.319. The number of nitrogens with one attached hydrogen (secondary N) is 1. The number of amides is 1. The summed E-state index contributed by atoms with van der Waals surface area (Å²) in [5.41, 5.74) is 8.87. The van der Waals surface area contributed by atoms with Crippen LogP contribution in [-0.2, 0) is 17.8 Å². The van der Waals surface area contributed by atoms with E-state index < -0.39 is 0 Å². The number of nitrogens with two attached hydrogens (primary N) is 1. The second kappa shape index (κ2) is 6.43. The molecular formula is C16H20N4O2. The average Bonchev–Trinajstić information content (AvgIpc) is 2.45. The summed E-state index contributed by atoms with van der Waals surface area (Å²) in [6, 6.07) is 7.14. The molecule has 0 fully saturated rings. The summed E-state index contributed by atoms with van der Waals surface area (Å²) in [5.74, 6) is -0.257. The maximum Gasteiger partial charge on any atom is 0.255 e. The highest BCUT2D eigenvalue weighted by atomic mass is 16.2. The molecule has 0 saturated carbocycles. The van der Waals surface area contributed by atoms with Gasteiger partial charge in [-0.2, -0.15) is 0 Å². The fourth-order valence-corrected chi connectivity index (χ4v) is 2.20.